The molecule has 1 unspecified atom stereocenters. The molecule has 0 radical (unpaired) electrons. The second-order valence-corrected chi connectivity index (χ2v) is 7.77. The summed E-state index contributed by atoms with van der Waals surface area (Å²) in [4.78, 5) is 12.8. The molecule has 146 valence electrons. The lowest BCUT2D eigenvalue weighted by atomic mass is 10.2. The van der Waals surface area contributed by atoms with Crippen LogP contribution in [0.2, 0.25) is 5.02 Å². The molecule has 0 fully saturated rings. The van der Waals surface area contributed by atoms with E-state index in [1.54, 1.807) is 36.4 Å². The molecular formula is C21H20ClNO4S. The van der Waals surface area contributed by atoms with E-state index in [2.05, 4.69) is 5.32 Å². The average molecular weight is 418 g/mol. The number of furan rings is 1. The van der Waals surface area contributed by atoms with Crippen LogP contribution in [-0.4, -0.2) is 16.7 Å². The third-order valence-electron chi connectivity index (χ3n) is 3.93. The third-order valence-corrected chi connectivity index (χ3v) is 5.76. The molecule has 3 rings (SSSR count). The van der Waals surface area contributed by atoms with Crippen molar-refractivity contribution in [3.05, 3.63) is 82.8 Å². The molecule has 1 amide bonds. The number of benzene rings is 2. The fraction of sp³-hybridized carbons (Fsp3) is 0.190. The van der Waals surface area contributed by atoms with Gasteiger partial charge in [0, 0.05) is 6.54 Å². The van der Waals surface area contributed by atoms with E-state index in [9.17, 15) is 9.00 Å². The standard InChI is InChI=1S/C21H20ClNO4S/c1-2-26-16-9-7-15(8-10-16)13-23-21(24)19-12-11-17(27-19)14-28(25)20-6-4-3-5-18(20)22/h3-12H,2,13-14H2,1H3,(H,23,24). The molecule has 3 aromatic rings. The van der Waals surface area contributed by atoms with E-state index in [0.717, 1.165) is 11.3 Å². The molecule has 2 aromatic carbocycles. The Labute approximate surface area is 171 Å². The quantitative estimate of drug-likeness (QED) is 0.583. The largest absolute Gasteiger partial charge is 0.494 e. The topological polar surface area (TPSA) is 68.5 Å². The maximum atomic E-state index is 12.5. The minimum absolute atomic E-state index is 0.149. The number of nitrogens with one attached hydrogen (secondary N) is 1. The van der Waals surface area contributed by atoms with Crippen molar-refractivity contribution < 1.29 is 18.2 Å². The average Bonchev–Trinajstić information content (AvgIpc) is 3.16. The van der Waals surface area contributed by atoms with Gasteiger partial charge in [-0.15, -0.1) is 0 Å². The summed E-state index contributed by atoms with van der Waals surface area (Å²) in [6.07, 6.45) is 0. The summed E-state index contributed by atoms with van der Waals surface area (Å²) in [6, 6.07) is 17.7. The summed E-state index contributed by atoms with van der Waals surface area (Å²) in [5, 5.41) is 3.25. The molecule has 5 nitrogen and oxygen atoms in total. The molecule has 1 heterocycles. The van der Waals surface area contributed by atoms with Crippen LogP contribution in [0.25, 0.3) is 0 Å². The predicted octanol–water partition coefficient (Wildman–Crippen LogP) is 4.57. The fourth-order valence-corrected chi connectivity index (χ4v) is 4.03. The monoisotopic (exact) mass is 417 g/mol. The number of amides is 1. The molecule has 0 saturated carbocycles. The summed E-state index contributed by atoms with van der Waals surface area (Å²) in [5.74, 6) is 1.25. The highest BCUT2D eigenvalue weighted by atomic mass is 35.5. The van der Waals surface area contributed by atoms with Gasteiger partial charge in [0.1, 0.15) is 11.5 Å². The number of carbonyl (C=O) groups excluding carboxylic acids is 1. The fourth-order valence-electron chi connectivity index (χ4n) is 2.55. The van der Waals surface area contributed by atoms with Crippen LogP contribution in [0.15, 0.2) is 70.0 Å². The van der Waals surface area contributed by atoms with Crippen molar-refractivity contribution in [1.29, 1.82) is 0 Å². The van der Waals surface area contributed by atoms with Gasteiger partial charge in [0.25, 0.3) is 5.91 Å². The van der Waals surface area contributed by atoms with Crippen LogP contribution in [-0.2, 0) is 23.1 Å². The molecule has 1 aromatic heterocycles. The van der Waals surface area contributed by atoms with E-state index < -0.39 is 10.8 Å². The van der Waals surface area contributed by atoms with Gasteiger partial charge in [-0.25, -0.2) is 0 Å². The highest BCUT2D eigenvalue weighted by Gasteiger charge is 2.15. The van der Waals surface area contributed by atoms with Gasteiger partial charge >= 0.3 is 0 Å². The van der Waals surface area contributed by atoms with Gasteiger partial charge in [0.2, 0.25) is 0 Å². The molecule has 28 heavy (non-hydrogen) atoms. The van der Waals surface area contributed by atoms with E-state index in [-0.39, 0.29) is 17.4 Å². The highest BCUT2D eigenvalue weighted by Crippen LogP contribution is 2.22. The molecule has 1 atom stereocenters. The lowest BCUT2D eigenvalue weighted by Crippen LogP contribution is -2.22. The second-order valence-electron chi connectivity index (χ2n) is 5.95. The normalized spacial score (nSPS) is 11.8. The maximum absolute atomic E-state index is 12.5. The Balaban J connectivity index is 1.56. The van der Waals surface area contributed by atoms with E-state index in [1.807, 2.05) is 31.2 Å². The predicted molar refractivity (Wildman–Crippen MR) is 109 cm³/mol. The molecule has 0 saturated heterocycles. The number of rotatable bonds is 8. The highest BCUT2D eigenvalue weighted by molar-refractivity contribution is 7.84. The lowest BCUT2D eigenvalue weighted by molar-refractivity contribution is 0.0921. The zero-order chi connectivity index (χ0) is 19.9. The number of carbonyl (C=O) groups is 1. The molecule has 0 bridgehead atoms. The summed E-state index contributed by atoms with van der Waals surface area (Å²) in [7, 11) is -1.35. The van der Waals surface area contributed by atoms with E-state index in [1.165, 1.54) is 0 Å². The van der Waals surface area contributed by atoms with E-state index in [4.69, 9.17) is 20.8 Å². The molecule has 0 spiro atoms. The second kappa shape index (κ2) is 9.57. The first-order chi connectivity index (χ1) is 13.6. The van der Waals surface area contributed by atoms with Crippen molar-refractivity contribution in [3.8, 4) is 5.75 Å². The van der Waals surface area contributed by atoms with Crippen molar-refractivity contribution in [2.45, 2.75) is 24.1 Å². The van der Waals surface area contributed by atoms with Gasteiger partial charge in [-0.2, -0.15) is 0 Å². The summed E-state index contributed by atoms with van der Waals surface area (Å²) in [5.41, 5.74) is 0.948. The lowest BCUT2D eigenvalue weighted by Gasteiger charge is -2.06. The van der Waals surface area contributed by atoms with E-state index in [0.29, 0.717) is 28.8 Å². The first kappa shape index (κ1) is 20.2. The molecular weight excluding hydrogens is 398 g/mol. The number of halogens is 1. The molecule has 0 aliphatic rings. The Morgan fingerprint density at radius 2 is 1.86 bits per heavy atom. The Bertz CT molecular complexity index is 969. The van der Waals surface area contributed by atoms with Crippen molar-refractivity contribution in [2.75, 3.05) is 6.61 Å². The van der Waals surface area contributed by atoms with Crippen molar-refractivity contribution in [1.82, 2.24) is 5.32 Å². The first-order valence-corrected chi connectivity index (χ1v) is 10.5. The van der Waals surface area contributed by atoms with Crippen molar-refractivity contribution in [2.24, 2.45) is 0 Å². The minimum atomic E-state index is -1.35. The Morgan fingerprint density at radius 3 is 2.57 bits per heavy atom. The molecule has 1 N–H and O–H groups in total. The first-order valence-electron chi connectivity index (χ1n) is 8.78. The summed E-state index contributed by atoms with van der Waals surface area (Å²) >= 11 is 6.07. The Morgan fingerprint density at radius 1 is 1.11 bits per heavy atom. The minimum Gasteiger partial charge on any atom is -0.494 e. The van der Waals surface area contributed by atoms with Crippen LogP contribution in [0.4, 0.5) is 0 Å². The maximum Gasteiger partial charge on any atom is 0.287 e. The van der Waals surface area contributed by atoms with Crippen molar-refractivity contribution >= 4 is 28.3 Å². The van der Waals surface area contributed by atoms with Gasteiger partial charge in [-0.05, 0) is 48.9 Å². The smallest absolute Gasteiger partial charge is 0.287 e. The van der Waals surface area contributed by atoms with Crippen LogP contribution in [0.5, 0.6) is 5.75 Å². The Kier molecular flexibility index (Phi) is 6.90. The van der Waals surface area contributed by atoms with Crippen LogP contribution < -0.4 is 10.1 Å². The number of hydrogen-bond donors (Lipinski definition) is 1. The van der Waals surface area contributed by atoms with Gasteiger partial charge in [-0.1, -0.05) is 35.9 Å². The van der Waals surface area contributed by atoms with Crippen molar-refractivity contribution in [3.63, 3.8) is 0 Å². The van der Waals surface area contributed by atoms with Crippen LogP contribution >= 0.6 is 11.6 Å². The van der Waals surface area contributed by atoms with Crippen LogP contribution in [0.1, 0.15) is 28.8 Å². The zero-order valence-corrected chi connectivity index (χ0v) is 16.9. The number of ether oxygens (including phenoxy) is 1. The zero-order valence-electron chi connectivity index (χ0n) is 15.3. The SMILES string of the molecule is CCOc1ccc(CNC(=O)c2ccc(CS(=O)c3ccccc3Cl)o2)cc1. The molecule has 0 aliphatic carbocycles. The molecule has 7 heteroatoms. The molecule has 0 aliphatic heterocycles. The third kappa shape index (κ3) is 5.24. The number of hydrogen-bond acceptors (Lipinski definition) is 4. The summed E-state index contributed by atoms with van der Waals surface area (Å²) in [6.45, 7) is 2.90. The van der Waals surface area contributed by atoms with Gasteiger partial charge in [0.15, 0.2) is 5.76 Å². The van der Waals surface area contributed by atoms with Gasteiger partial charge in [0.05, 0.1) is 33.1 Å². The van der Waals surface area contributed by atoms with Gasteiger partial charge < -0.3 is 14.5 Å². The Hall–Kier alpha value is -2.57. The van der Waals surface area contributed by atoms with Gasteiger partial charge in [-0.3, -0.25) is 9.00 Å². The van der Waals surface area contributed by atoms with Crippen LogP contribution in [0.3, 0.4) is 0 Å². The summed E-state index contributed by atoms with van der Waals surface area (Å²) < 4.78 is 23.4. The van der Waals surface area contributed by atoms with Crippen LogP contribution in [0, 0.1) is 0 Å². The van der Waals surface area contributed by atoms with E-state index >= 15 is 0 Å².